The van der Waals surface area contributed by atoms with Gasteiger partial charge in [0.25, 0.3) is 5.56 Å². The lowest BCUT2D eigenvalue weighted by molar-refractivity contribution is 0.510. The Morgan fingerprint density at radius 2 is 2.06 bits per heavy atom. The Morgan fingerprint density at radius 1 is 1.41 bits per heavy atom. The van der Waals surface area contributed by atoms with Gasteiger partial charge in [0.05, 0.1) is 23.8 Å². The minimum absolute atomic E-state index is 0.0418. The highest BCUT2D eigenvalue weighted by Crippen LogP contribution is 2.13. The Morgan fingerprint density at radius 3 is 2.71 bits per heavy atom. The molecule has 0 saturated heterocycles. The minimum Gasteiger partial charge on any atom is -0.294 e. The van der Waals surface area contributed by atoms with Crippen LogP contribution in [0.15, 0.2) is 34.3 Å². The second-order valence-corrected chi connectivity index (χ2v) is 4.60. The largest absolute Gasteiger partial charge is 0.294 e. The van der Waals surface area contributed by atoms with E-state index < -0.39 is 17.2 Å². The molecule has 0 aliphatic carbocycles. The molecular weight excluding hydrogens is 294 g/mol. The molecule has 0 aliphatic heterocycles. The molecule has 2 rings (SSSR count). The molecular formula is C11H7BrF2N2O. The van der Waals surface area contributed by atoms with E-state index in [1.54, 1.807) is 0 Å². The number of aromatic nitrogens is 2. The van der Waals surface area contributed by atoms with E-state index in [0.717, 1.165) is 12.1 Å². The van der Waals surface area contributed by atoms with Gasteiger partial charge in [-0.3, -0.25) is 9.36 Å². The zero-order valence-corrected chi connectivity index (χ0v) is 10.2. The predicted octanol–water partition coefficient (Wildman–Crippen LogP) is 2.58. The van der Waals surface area contributed by atoms with Crippen LogP contribution in [0.4, 0.5) is 8.78 Å². The summed E-state index contributed by atoms with van der Waals surface area (Å²) >= 11 is 3.12. The van der Waals surface area contributed by atoms with E-state index in [-0.39, 0.29) is 17.4 Å². The van der Waals surface area contributed by atoms with Gasteiger partial charge in [0, 0.05) is 10.5 Å². The number of benzene rings is 1. The van der Waals surface area contributed by atoms with Crippen molar-refractivity contribution in [2.45, 2.75) is 6.54 Å². The van der Waals surface area contributed by atoms with Crippen molar-refractivity contribution in [3.8, 4) is 0 Å². The average Bonchev–Trinajstić information content (AvgIpc) is 2.25. The monoisotopic (exact) mass is 300 g/mol. The minimum atomic E-state index is -1.06. The fraction of sp³-hybridized carbons (Fsp3) is 0.0909. The molecule has 17 heavy (non-hydrogen) atoms. The third kappa shape index (κ3) is 2.26. The molecule has 1 heterocycles. The lowest BCUT2D eigenvalue weighted by atomic mass is 10.2. The lowest BCUT2D eigenvalue weighted by Gasteiger charge is -2.05. The first-order valence-electron chi connectivity index (χ1n) is 4.66. The number of rotatable bonds is 2. The van der Waals surface area contributed by atoms with Gasteiger partial charge in [0.1, 0.15) is 0 Å². The first-order valence-corrected chi connectivity index (χ1v) is 5.46. The van der Waals surface area contributed by atoms with Gasteiger partial charge < -0.3 is 0 Å². The third-order valence-corrected chi connectivity index (χ3v) is 2.46. The van der Waals surface area contributed by atoms with Gasteiger partial charge in [0.2, 0.25) is 0 Å². The Hall–Kier alpha value is -1.56. The van der Waals surface area contributed by atoms with E-state index in [1.165, 1.54) is 10.9 Å². The van der Waals surface area contributed by atoms with E-state index >= 15 is 0 Å². The summed E-state index contributed by atoms with van der Waals surface area (Å²) in [6, 6.07) is 1.76. The van der Waals surface area contributed by atoms with E-state index in [4.69, 9.17) is 0 Å². The van der Waals surface area contributed by atoms with Gasteiger partial charge in [-0.25, -0.2) is 13.8 Å². The average molecular weight is 301 g/mol. The van der Waals surface area contributed by atoms with Gasteiger partial charge in [-0.1, -0.05) is 22.5 Å². The molecule has 0 radical (unpaired) electrons. The molecule has 88 valence electrons. The van der Waals surface area contributed by atoms with Crippen molar-refractivity contribution in [3.63, 3.8) is 0 Å². The van der Waals surface area contributed by atoms with Crippen molar-refractivity contribution in [3.05, 3.63) is 51.5 Å². The lowest BCUT2D eigenvalue weighted by Crippen LogP contribution is -2.20. The fourth-order valence-corrected chi connectivity index (χ4v) is 1.72. The maximum atomic E-state index is 13.0. The Kier molecular flexibility index (Phi) is 3.06. The molecule has 0 saturated carbocycles. The van der Waals surface area contributed by atoms with Crippen LogP contribution >= 0.6 is 15.9 Å². The van der Waals surface area contributed by atoms with Crippen LogP contribution in [-0.4, -0.2) is 9.55 Å². The standard InChI is InChI=1S/C11H7BrF2N2O/c1-6(12)4-16-5-15-10-3-9(14)8(13)2-7(10)11(16)17/h2-3,5H,1,4H2. The molecule has 0 spiro atoms. The zero-order chi connectivity index (χ0) is 12.6. The molecule has 0 fully saturated rings. The second-order valence-electron chi connectivity index (χ2n) is 3.48. The highest BCUT2D eigenvalue weighted by molar-refractivity contribution is 9.11. The van der Waals surface area contributed by atoms with Crippen molar-refractivity contribution in [2.24, 2.45) is 0 Å². The molecule has 0 bridgehead atoms. The number of hydrogen-bond acceptors (Lipinski definition) is 2. The fourth-order valence-electron chi connectivity index (χ4n) is 1.45. The van der Waals surface area contributed by atoms with Crippen LogP contribution in [0.1, 0.15) is 0 Å². The predicted molar refractivity (Wildman–Crippen MR) is 64.0 cm³/mol. The van der Waals surface area contributed by atoms with Crippen LogP contribution in [-0.2, 0) is 6.54 Å². The van der Waals surface area contributed by atoms with Gasteiger partial charge >= 0.3 is 0 Å². The number of allylic oxidation sites excluding steroid dienone is 1. The SMILES string of the molecule is C=C(Br)Cn1cnc2cc(F)c(F)cc2c1=O. The summed E-state index contributed by atoms with van der Waals surface area (Å²) in [5.41, 5.74) is -0.306. The van der Waals surface area contributed by atoms with E-state index in [2.05, 4.69) is 27.5 Å². The highest BCUT2D eigenvalue weighted by Gasteiger charge is 2.09. The summed E-state index contributed by atoms with van der Waals surface area (Å²) < 4.78 is 27.8. The number of nitrogens with zero attached hydrogens (tertiary/aromatic N) is 2. The summed E-state index contributed by atoms with van der Waals surface area (Å²) in [4.78, 5) is 15.8. The van der Waals surface area contributed by atoms with Crippen LogP contribution < -0.4 is 5.56 Å². The van der Waals surface area contributed by atoms with E-state index in [1.807, 2.05) is 0 Å². The van der Waals surface area contributed by atoms with Crippen molar-refractivity contribution in [2.75, 3.05) is 0 Å². The van der Waals surface area contributed by atoms with Crippen LogP contribution in [0.2, 0.25) is 0 Å². The third-order valence-electron chi connectivity index (χ3n) is 2.21. The first-order chi connectivity index (χ1) is 7.99. The summed E-state index contributed by atoms with van der Waals surface area (Å²) in [5.74, 6) is -2.08. The van der Waals surface area contributed by atoms with Gasteiger partial charge in [-0.05, 0) is 6.07 Å². The summed E-state index contributed by atoms with van der Waals surface area (Å²) in [6.45, 7) is 3.82. The zero-order valence-electron chi connectivity index (χ0n) is 8.58. The molecule has 3 nitrogen and oxygen atoms in total. The molecule has 0 aliphatic rings. The van der Waals surface area contributed by atoms with E-state index in [0.29, 0.717) is 4.48 Å². The Labute approximate surface area is 104 Å². The molecule has 1 aromatic carbocycles. The molecule has 1 aromatic heterocycles. The summed E-state index contributed by atoms with van der Waals surface area (Å²) in [6.07, 6.45) is 1.27. The van der Waals surface area contributed by atoms with Crippen molar-refractivity contribution < 1.29 is 8.78 Å². The molecule has 0 amide bonds. The molecule has 2 aromatic rings. The number of fused-ring (bicyclic) bond motifs is 1. The van der Waals surface area contributed by atoms with Crippen molar-refractivity contribution >= 4 is 26.8 Å². The second kappa shape index (κ2) is 4.37. The molecule has 0 atom stereocenters. The van der Waals surface area contributed by atoms with E-state index in [9.17, 15) is 13.6 Å². The molecule has 0 N–H and O–H groups in total. The smallest absolute Gasteiger partial charge is 0.261 e. The highest BCUT2D eigenvalue weighted by atomic mass is 79.9. The van der Waals surface area contributed by atoms with Crippen LogP contribution in [0, 0.1) is 11.6 Å². The Bertz CT molecular complexity index is 666. The quantitative estimate of drug-likeness (QED) is 0.854. The number of hydrogen-bond donors (Lipinski definition) is 0. The maximum Gasteiger partial charge on any atom is 0.261 e. The molecule has 6 heteroatoms. The first kappa shape index (κ1) is 11.9. The summed E-state index contributed by atoms with van der Waals surface area (Å²) in [5, 5.41) is 0.0418. The van der Waals surface area contributed by atoms with Crippen molar-refractivity contribution in [1.82, 2.24) is 9.55 Å². The van der Waals surface area contributed by atoms with Crippen LogP contribution in [0.25, 0.3) is 10.9 Å². The summed E-state index contributed by atoms with van der Waals surface area (Å²) in [7, 11) is 0. The number of halogens is 3. The van der Waals surface area contributed by atoms with Gasteiger partial charge in [-0.2, -0.15) is 0 Å². The van der Waals surface area contributed by atoms with Crippen LogP contribution in [0.5, 0.6) is 0 Å². The topological polar surface area (TPSA) is 34.9 Å². The van der Waals surface area contributed by atoms with Gasteiger partial charge in [0.15, 0.2) is 11.6 Å². The van der Waals surface area contributed by atoms with Crippen molar-refractivity contribution in [1.29, 1.82) is 0 Å². The normalized spacial score (nSPS) is 10.8. The molecule has 0 unspecified atom stereocenters. The maximum absolute atomic E-state index is 13.0. The van der Waals surface area contributed by atoms with Crippen LogP contribution in [0.3, 0.4) is 0 Å². The Balaban J connectivity index is 2.71. The van der Waals surface area contributed by atoms with Gasteiger partial charge in [-0.15, -0.1) is 0 Å².